The van der Waals surface area contributed by atoms with Crippen LogP contribution in [0.4, 0.5) is 11.4 Å². The topological polar surface area (TPSA) is 124 Å². The van der Waals surface area contributed by atoms with Crippen molar-refractivity contribution < 1.29 is 19.7 Å². The molecule has 1 aromatic rings. The normalized spacial score (nSPS) is 11.8. The van der Waals surface area contributed by atoms with Crippen LogP contribution in [0.1, 0.15) is 18.4 Å². The molecule has 1 N–H and O–H groups in total. The second-order valence-electron chi connectivity index (χ2n) is 3.32. The molecule has 1 aromatic carbocycles. The number of carbonyl (C=O) groups is 1. The quantitative estimate of drug-likeness (QED) is 0.630. The fourth-order valence-electron chi connectivity index (χ4n) is 1.30. The molecule has 90 valence electrons. The highest BCUT2D eigenvalue weighted by molar-refractivity contribution is 5.77. The van der Waals surface area contributed by atoms with Crippen LogP contribution in [-0.4, -0.2) is 20.9 Å². The molecule has 0 heterocycles. The smallest absolute Gasteiger partial charge is 0.310 e. The molecule has 1 atom stereocenters. The molecule has 0 aliphatic rings. The summed E-state index contributed by atoms with van der Waals surface area (Å²) in [6, 6.07) is 2.82. The molecule has 1 unspecified atom stereocenters. The Bertz CT molecular complexity index is 498. The van der Waals surface area contributed by atoms with E-state index in [-0.39, 0.29) is 11.3 Å². The van der Waals surface area contributed by atoms with E-state index in [2.05, 4.69) is 0 Å². The zero-order valence-electron chi connectivity index (χ0n) is 8.69. The number of carboxylic acids is 1. The van der Waals surface area contributed by atoms with E-state index in [9.17, 15) is 25.0 Å². The maximum Gasteiger partial charge on any atom is 0.310 e. The van der Waals surface area contributed by atoms with E-state index >= 15 is 0 Å². The van der Waals surface area contributed by atoms with E-state index in [1.807, 2.05) is 0 Å². The first-order valence-corrected chi connectivity index (χ1v) is 4.50. The van der Waals surface area contributed by atoms with Gasteiger partial charge in [0.2, 0.25) is 0 Å². The summed E-state index contributed by atoms with van der Waals surface area (Å²) in [5, 5.41) is 30.0. The molecule has 8 nitrogen and oxygen atoms in total. The number of nitro benzene ring substituents is 2. The summed E-state index contributed by atoms with van der Waals surface area (Å²) >= 11 is 0. The van der Waals surface area contributed by atoms with Crippen molar-refractivity contribution in [1.82, 2.24) is 0 Å². The number of carboxylic acid groups (broad SMARTS) is 1. The Morgan fingerprint density at radius 2 is 1.88 bits per heavy atom. The van der Waals surface area contributed by atoms with Gasteiger partial charge in [0.25, 0.3) is 11.4 Å². The molecule has 8 heteroatoms. The van der Waals surface area contributed by atoms with Gasteiger partial charge < -0.3 is 5.11 Å². The van der Waals surface area contributed by atoms with Crippen LogP contribution in [0.2, 0.25) is 0 Å². The summed E-state index contributed by atoms with van der Waals surface area (Å²) in [5.74, 6) is -2.47. The number of benzene rings is 1. The van der Waals surface area contributed by atoms with E-state index < -0.39 is 27.4 Å². The Morgan fingerprint density at radius 1 is 1.29 bits per heavy atom. The van der Waals surface area contributed by atoms with Crippen molar-refractivity contribution >= 4 is 17.3 Å². The van der Waals surface area contributed by atoms with Crippen molar-refractivity contribution in [1.29, 1.82) is 0 Å². The van der Waals surface area contributed by atoms with E-state index in [0.29, 0.717) is 0 Å². The zero-order valence-corrected chi connectivity index (χ0v) is 8.69. The predicted octanol–water partition coefficient (Wildman–Crippen LogP) is 1.69. The second kappa shape index (κ2) is 4.56. The molecular formula is C9H8N2O6. The predicted molar refractivity (Wildman–Crippen MR) is 55.8 cm³/mol. The molecule has 0 aliphatic carbocycles. The summed E-state index contributed by atoms with van der Waals surface area (Å²) in [6.07, 6.45) is 0. The van der Waals surface area contributed by atoms with Gasteiger partial charge in [0.15, 0.2) is 0 Å². The molecule has 0 amide bonds. The van der Waals surface area contributed by atoms with Crippen LogP contribution in [0.3, 0.4) is 0 Å². The van der Waals surface area contributed by atoms with Crippen LogP contribution >= 0.6 is 0 Å². The molecule has 1 rings (SSSR count). The van der Waals surface area contributed by atoms with Crippen molar-refractivity contribution in [2.45, 2.75) is 12.8 Å². The summed E-state index contributed by atoms with van der Waals surface area (Å²) < 4.78 is 0. The molecule has 0 saturated heterocycles. The van der Waals surface area contributed by atoms with Gasteiger partial charge in [-0.1, -0.05) is 0 Å². The summed E-state index contributed by atoms with van der Waals surface area (Å²) in [7, 11) is 0. The average Bonchev–Trinajstić information content (AvgIpc) is 2.26. The van der Waals surface area contributed by atoms with Gasteiger partial charge in [-0.2, -0.15) is 0 Å². The maximum atomic E-state index is 10.8. The van der Waals surface area contributed by atoms with Crippen LogP contribution in [0, 0.1) is 20.2 Å². The fraction of sp³-hybridized carbons (Fsp3) is 0.222. The lowest BCUT2D eigenvalue weighted by atomic mass is 9.99. The SMILES string of the molecule is CC(C(=O)O)c1cc([N+](=O)[O-])ccc1[N+](=O)[O-]. The van der Waals surface area contributed by atoms with Crippen LogP contribution in [0.5, 0.6) is 0 Å². The Labute approximate surface area is 94.8 Å². The molecule has 0 aliphatic heterocycles. The lowest BCUT2D eigenvalue weighted by Gasteiger charge is -2.06. The van der Waals surface area contributed by atoms with E-state index in [1.165, 1.54) is 6.92 Å². The Balaban J connectivity index is 3.40. The average molecular weight is 240 g/mol. The zero-order chi connectivity index (χ0) is 13.2. The van der Waals surface area contributed by atoms with Crippen molar-refractivity contribution in [2.24, 2.45) is 0 Å². The van der Waals surface area contributed by atoms with Gasteiger partial charge in [-0.05, 0) is 6.92 Å². The Kier molecular flexibility index (Phi) is 3.37. The number of nitrogens with zero attached hydrogens (tertiary/aromatic N) is 2. The van der Waals surface area contributed by atoms with E-state index in [1.54, 1.807) is 0 Å². The third kappa shape index (κ3) is 2.54. The number of hydrogen-bond donors (Lipinski definition) is 1. The first kappa shape index (κ1) is 12.6. The van der Waals surface area contributed by atoms with Crippen molar-refractivity contribution in [2.75, 3.05) is 0 Å². The highest BCUT2D eigenvalue weighted by Crippen LogP contribution is 2.30. The summed E-state index contributed by atoms with van der Waals surface area (Å²) in [5.41, 5.74) is -0.999. The van der Waals surface area contributed by atoms with Crippen LogP contribution in [0.25, 0.3) is 0 Å². The number of nitro groups is 2. The minimum absolute atomic E-state index is 0.184. The maximum absolute atomic E-state index is 10.8. The fourth-order valence-corrected chi connectivity index (χ4v) is 1.30. The van der Waals surface area contributed by atoms with Crippen molar-refractivity contribution in [3.8, 4) is 0 Å². The molecular weight excluding hydrogens is 232 g/mol. The standard InChI is InChI=1S/C9H8N2O6/c1-5(9(12)13)7-4-6(10(14)15)2-3-8(7)11(16)17/h2-5H,1H3,(H,12,13). The highest BCUT2D eigenvalue weighted by Gasteiger charge is 2.26. The first-order valence-electron chi connectivity index (χ1n) is 4.50. The van der Waals surface area contributed by atoms with Gasteiger partial charge in [-0.3, -0.25) is 25.0 Å². The number of aliphatic carboxylic acids is 1. The lowest BCUT2D eigenvalue weighted by molar-refractivity contribution is -0.389. The van der Waals surface area contributed by atoms with Gasteiger partial charge in [0.1, 0.15) is 0 Å². The van der Waals surface area contributed by atoms with E-state index in [0.717, 1.165) is 18.2 Å². The van der Waals surface area contributed by atoms with Crippen molar-refractivity contribution in [3.63, 3.8) is 0 Å². The largest absolute Gasteiger partial charge is 0.481 e. The Hall–Kier alpha value is -2.51. The number of hydrogen-bond acceptors (Lipinski definition) is 5. The molecule has 0 aromatic heterocycles. The third-order valence-corrected chi connectivity index (χ3v) is 2.26. The number of rotatable bonds is 4. The van der Waals surface area contributed by atoms with Gasteiger partial charge in [-0.25, -0.2) is 0 Å². The van der Waals surface area contributed by atoms with Crippen LogP contribution in [0.15, 0.2) is 18.2 Å². The van der Waals surface area contributed by atoms with Gasteiger partial charge >= 0.3 is 5.97 Å². The minimum atomic E-state index is -1.28. The lowest BCUT2D eigenvalue weighted by Crippen LogP contribution is -2.10. The van der Waals surface area contributed by atoms with Crippen LogP contribution in [-0.2, 0) is 4.79 Å². The highest BCUT2D eigenvalue weighted by atomic mass is 16.6. The molecule has 0 bridgehead atoms. The van der Waals surface area contributed by atoms with Gasteiger partial charge in [0, 0.05) is 18.2 Å². The van der Waals surface area contributed by atoms with Gasteiger partial charge in [-0.15, -0.1) is 0 Å². The molecule has 0 fully saturated rings. The van der Waals surface area contributed by atoms with Gasteiger partial charge in [0.05, 0.1) is 21.3 Å². The van der Waals surface area contributed by atoms with E-state index in [4.69, 9.17) is 5.11 Å². The number of non-ortho nitro benzene ring substituents is 1. The van der Waals surface area contributed by atoms with Crippen molar-refractivity contribution in [3.05, 3.63) is 44.0 Å². The minimum Gasteiger partial charge on any atom is -0.481 e. The summed E-state index contributed by atoms with van der Waals surface area (Å²) in [6.45, 7) is 1.23. The molecule has 0 radical (unpaired) electrons. The molecule has 0 saturated carbocycles. The second-order valence-corrected chi connectivity index (χ2v) is 3.32. The monoisotopic (exact) mass is 240 g/mol. The molecule has 0 spiro atoms. The van der Waals surface area contributed by atoms with Crippen LogP contribution < -0.4 is 0 Å². The molecule has 17 heavy (non-hydrogen) atoms. The summed E-state index contributed by atoms with van der Waals surface area (Å²) in [4.78, 5) is 30.5. The Morgan fingerprint density at radius 3 is 2.29 bits per heavy atom. The third-order valence-electron chi connectivity index (χ3n) is 2.26. The first-order chi connectivity index (χ1) is 7.84.